The molecule has 0 fully saturated rings. The maximum absolute atomic E-state index is 14.0. The molecule has 1 N–H and O–H groups in total. The number of rotatable bonds is 11. The molecular formula is C30H37N3O4S. The maximum atomic E-state index is 14.0. The highest BCUT2D eigenvalue weighted by molar-refractivity contribution is 7.92. The van der Waals surface area contributed by atoms with E-state index in [-0.39, 0.29) is 17.3 Å². The van der Waals surface area contributed by atoms with E-state index in [0.717, 1.165) is 26.6 Å². The van der Waals surface area contributed by atoms with Crippen molar-refractivity contribution >= 4 is 27.5 Å². The summed E-state index contributed by atoms with van der Waals surface area (Å²) in [6.45, 7) is 9.55. The van der Waals surface area contributed by atoms with Crippen molar-refractivity contribution in [3.63, 3.8) is 0 Å². The van der Waals surface area contributed by atoms with Gasteiger partial charge in [0.2, 0.25) is 11.8 Å². The van der Waals surface area contributed by atoms with Crippen LogP contribution >= 0.6 is 0 Å². The van der Waals surface area contributed by atoms with Gasteiger partial charge in [-0.05, 0) is 75.1 Å². The minimum Gasteiger partial charge on any atom is -0.355 e. The monoisotopic (exact) mass is 535 g/mol. The molecule has 0 bridgehead atoms. The highest BCUT2D eigenvalue weighted by Gasteiger charge is 2.33. The summed E-state index contributed by atoms with van der Waals surface area (Å²) in [6, 6.07) is 20.5. The van der Waals surface area contributed by atoms with E-state index in [1.54, 1.807) is 42.5 Å². The molecule has 0 unspecified atom stereocenters. The molecule has 3 aromatic carbocycles. The molecule has 7 nitrogen and oxygen atoms in total. The largest absolute Gasteiger partial charge is 0.355 e. The molecule has 38 heavy (non-hydrogen) atoms. The quantitative estimate of drug-likeness (QED) is 0.384. The molecule has 2 amide bonds. The molecule has 3 aromatic rings. The van der Waals surface area contributed by atoms with Crippen LogP contribution in [0.25, 0.3) is 0 Å². The molecule has 0 spiro atoms. The molecule has 0 radical (unpaired) electrons. The van der Waals surface area contributed by atoms with Gasteiger partial charge in [0.05, 0.1) is 10.6 Å². The van der Waals surface area contributed by atoms with Gasteiger partial charge in [-0.1, -0.05) is 61.0 Å². The number of nitrogens with zero attached hydrogens (tertiary/aromatic N) is 2. The Bertz CT molecular complexity index is 1370. The number of carbonyl (C=O) groups is 2. The number of nitrogens with one attached hydrogen (secondary N) is 1. The number of likely N-dealkylation sites (N-methyl/N-ethyl adjacent to an activating group) is 1. The first-order valence-electron chi connectivity index (χ1n) is 12.9. The Hall–Kier alpha value is -3.65. The Morgan fingerprint density at radius 2 is 1.55 bits per heavy atom. The Kier molecular flexibility index (Phi) is 9.69. The minimum atomic E-state index is -4.07. The second kappa shape index (κ2) is 12.7. The van der Waals surface area contributed by atoms with Crippen LogP contribution in [0.1, 0.15) is 42.5 Å². The second-order valence-electron chi connectivity index (χ2n) is 9.43. The Morgan fingerprint density at radius 1 is 0.868 bits per heavy atom. The number of hydrogen-bond acceptors (Lipinski definition) is 4. The van der Waals surface area contributed by atoms with Crippen LogP contribution in [0.2, 0.25) is 0 Å². The highest BCUT2D eigenvalue weighted by Crippen LogP contribution is 2.26. The minimum absolute atomic E-state index is 0.0960. The summed E-state index contributed by atoms with van der Waals surface area (Å²) in [7, 11) is -4.07. The van der Waals surface area contributed by atoms with Gasteiger partial charge >= 0.3 is 0 Å². The van der Waals surface area contributed by atoms with Crippen molar-refractivity contribution in [1.29, 1.82) is 0 Å². The average Bonchev–Trinajstić information content (AvgIpc) is 2.88. The fourth-order valence-electron chi connectivity index (χ4n) is 4.33. The van der Waals surface area contributed by atoms with Gasteiger partial charge in [-0.25, -0.2) is 8.42 Å². The summed E-state index contributed by atoms with van der Waals surface area (Å²) in [5.41, 5.74) is 4.07. The highest BCUT2D eigenvalue weighted by atomic mass is 32.2. The zero-order valence-corrected chi connectivity index (χ0v) is 23.6. The zero-order valence-electron chi connectivity index (χ0n) is 22.8. The molecule has 0 aliphatic carbocycles. The van der Waals surface area contributed by atoms with E-state index in [0.29, 0.717) is 18.7 Å². The molecule has 202 valence electrons. The number of sulfonamides is 1. The standard InChI is InChI=1S/C30H37N3O4S/c1-6-28(30(35)31-7-2)32(20-25-13-9-8-12-24(25)5)29(34)21-33(26-14-10-11-23(4)19-26)38(36,37)27-17-15-22(3)16-18-27/h8-19,28H,6-7,20-21H2,1-5H3,(H,31,35)/t28-/m1/s1. The van der Waals surface area contributed by atoms with E-state index >= 15 is 0 Å². The molecule has 8 heteroatoms. The number of amides is 2. The van der Waals surface area contributed by atoms with Gasteiger partial charge in [-0.3, -0.25) is 13.9 Å². The predicted molar refractivity (Wildman–Crippen MR) is 151 cm³/mol. The molecule has 1 atom stereocenters. The number of benzene rings is 3. The fourth-order valence-corrected chi connectivity index (χ4v) is 5.74. The van der Waals surface area contributed by atoms with Crippen LogP contribution < -0.4 is 9.62 Å². The molecule has 0 aromatic heterocycles. The van der Waals surface area contributed by atoms with Crippen molar-refractivity contribution in [2.24, 2.45) is 0 Å². The first-order chi connectivity index (χ1) is 18.1. The number of carbonyl (C=O) groups excluding carboxylic acids is 2. The molecule has 0 heterocycles. The van der Waals surface area contributed by atoms with E-state index in [1.807, 2.05) is 65.0 Å². The summed E-state index contributed by atoms with van der Waals surface area (Å²) in [6.07, 6.45) is 0.388. The smallest absolute Gasteiger partial charge is 0.264 e. The van der Waals surface area contributed by atoms with Crippen LogP contribution in [0.3, 0.4) is 0 Å². The predicted octanol–water partition coefficient (Wildman–Crippen LogP) is 4.75. The number of aryl methyl sites for hydroxylation is 3. The number of anilines is 1. The lowest BCUT2D eigenvalue weighted by molar-refractivity contribution is -0.140. The van der Waals surface area contributed by atoms with E-state index in [4.69, 9.17) is 0 Å². The van der Waals surface area contributed by atoms with Crippen LogP contribution in [0, 0.1) is 20.8 Å². The summed E-state index contributed by atoms with van der Waals surface area (Å²) < 4.78 is 28.9. The third-order valence-electron chi connectivity index (χ3n) is 6.52. The van der Waals surface area contributed by atoms with Gasteiger partial charge in [-0.15, -0.1) is 0 Å². The van der Waals surface area contributed by atoms with Gasteiger partial charge < -0.3 is 10.2 Å². The van der Waals surface area contributed by atoms with E-state index in [1.165, 1.54) is 4.90 Å². The van der Waals surface area contributed by atoms with Crippen molar-refractivity contribution in [2.75, 3.05) is 17.4 Å². The van der Waals surface area contributed by atoms with Crippen LogP contribution in [-0.2, 0) is 26.2 Å². The van der Waals surface area contributed by atoms with Crippen LogP contribution in [0.4, 0.5) is 5.69 Å². The van der Waals surface area contributed by atoms with Crippen molar-refractivity contribution in [2.45, 2.75) is 58.5 Å². The molecular weight excluding hydrogens is 498 g/mol. The summed E-state index contributed by atoms with van der Waals surface area (Å²) in [5.74, 6) is -0.719. The lowest BCUT2D eigenvalue weighted by Crippen LogP contribution is -2.52. The van der Waals surface area contributed by atoms with Gasteiger partial charge in [0, 0.05) is 13.1 Å². The third-order valence-corrected chi connectivity index (χ3v) is 8.30. The van der Waals surface area contributed by atoms with E-state index < -0.39 is 28.5 Å². The van der Waals surface area contributed by atoms with Gasteiger partial charge in [-0.2, -0.15) is 0 Å². The van der Waals surface area contributed by atoms with E-state index in [2.05, 4.69) is 5.32 Å². The van der Waals surface area contributed by atoms with Crippen LogP contribution in [0.5, 0.6) is 0 Å². The van der Waals surface area contributed by atoms with E-state index in [9.17, 15) is 18.0 Å². The molecule has 3 rings (SSSR count). The molecule has 0 saturated heterocycles. The third kappa shape index (κ3) is 6.81. The number of hydrogen-bond donors (Lipinski definition) is 1. The van der Waals surface area contributed by atoms with Gasteiger partial charge in [0.1, 0.15) is 12.6 Å². The van der Waals surface area contributed by atoms with Gasteiger partial charge in [0.15, 0.2) is 0 Å². The normalized spacial score (nSPS) is 12.0. The Labute approximate surface area is 226 Å². The summed E-state index contributed by atoms with van der Waals surface area (Å²) >= 11 is 0. The van der Waals surface area contributed by atoms with Crippen molar-refractivity contribution in [3.05, 3.63) is 95.1 Å². The van der Waals surface area contributed by atoms with Crippen molar-refractivity contribution in [1.82, 2.24) is 10.2 Å². The Morgan fingerprint density at radius 3 is 2.16 bits per heavy atom. The topological polar surface area (TPSA) is 86.8 Å². The SMILES string of the molecule is CCNC(=O)[C@@H](CC)N(Cc1ccccc1C)C(=O)CN(c1cccc(C)c1)S(=O)(=O)c1ccc(C)cc1. The van der Waals surface area contributed by atoms with Gasteiger partial charge in [0.25, 0.3) is 10.0 Å². The maximum Gasteiger partial charge on any atom is 0.264 e. The summed E-state index contributed by atoms with van der Waals surface area (Å²) in [4.78, 5) is 28.6. The zero-order chi connectivity index (χ0) is 27.9. The Balaban J connectivity index is 2.07. The fraction of sp³-hybridized carbons (Fsp3) is 0.333. The van der Waals surface area contributed by atoms with Crippen LogP contribution in [-0.4, -0.2) is 44.3 Å². The molecule has 0 aliphatic heterocycles. The lowest BCUT2D eigenvalue weighted by atomic mass is 10.1. The molecule has 0 saturated carbocycles. The lowest BCUT2D eigenvalue weighted by Gasteiger charge is -2.33. The average molecular weight is 536 g/mol. The molecule has 0 aliphatic rings. The van der Waals surface area contributed by atoms with Crippen LogP contribution in [0.15, 0.2) is 77.7 Å². The first kappa shape index (κ1) is 28.9. The summed E-state index contributed by atoms with van der Waals surface area (Å²) in [5, 5.41) is 2.82. The second-order valence-corrected chi connectivity index (χ2v) is 11.3. The first-order valence-corrected chi connectivity index (χ1v) is 14.3. The van der Waals surface area contributed by atoms with Crippen molar-refractivity contribution < 1.29 is 18.0 Å². The van der Waals surface area contributed by atoms with Crippen molar-refractivity contribution in [3.8, 4) is 0 Å².